The summed E-state index contributed by atoms with van der Waals surface area (Å²) in [6.45, 7) is 4.84. The predicted octanol–water partition coefficient (Wildman–Crippen LogP) is 5.09. The van der Waals surface area contributed by atoms with E-state index in [-0.39, 0.29) is 29.4 Å². The van der Waals surface area contributed by atoms with Crippen molar-refractivity contribution in [3.63, 3.8) is 0 Å². The fourth-order valence-corrected chi connectivity index (χ4v) is 8.33. The molecule has 1 aliphatic carbocycles. The van der Waals surface area contributed by atoms with Crippen LogP contribution < -0.4 is 16.0 Å². The Balaban J connectivity index is 1.29. The lowest BCUT2D eigenvalue weighted by Crippen LogP contribution is -2.61. The summed E-state index contributed by atoms with van der Waals surface area (Å²) >= 11 is 12.8. The number of carbonyl (C=O) groups is 2. The topological polar surface area (TPSA) is 131 Å². The Labute approximate surface area is 259 Å². The van der Waals surface area contributed by atoms with E-state index in [2.05, 4.69) is 44.9 Å². The molecule has 226 valence electrons. The Morgan fingerprint density at radius 1 is 1.07 bits per heavy atom. The zero-order chi connectivity index (χ0) is 30.0. The van der Waals surface area contributed by atoms with E-state index in [4.69, 9.17) is 32.5 Å². The van der Waals surface area contributed by atoms with Crippen molar-refractivity contribution in [3.8, 4) is 0 Å². The van der Waals surface area contributed by atoms with Gasteiger partial charge in [0, 0.05) is 28.4 Å². The van der Waals surface area contributed by atoms with Gasteiger partial charge < -0.3 is 19.9 Å². The van der Waals surface area contributed by atoms with Crippen molar-refractivity contribution in [1.29, 1.82) is 0 Å². The van der Waals surface area contributed by atoms with Gasteiger partial charge in [-0.25, -0.2) is 4.98 Å². The van der Waals surface area contributed by atoms with Crippen LogP contribution in [0.25, 0.3) is 0 Å². The molecule has 0 bridgehead atoms. The fraction of sp³-hybridized carbons (Fsp3) is 0.516. The molecule has 1 aromatic carbocycles. The largest absolute Gasteiger partial charge is 0.368 e. The quantitative estimate of drug-likeness (QED) is 0.342. The zero-order valence-electron chi connectivity index (χ0n) is 24.0. The minimum atomic E-state index is -1.08. The molecule has 3 N–H and O–H groups in total. The fourth-order valence-electron chi connectivity index (χ4n) is 7.98. The lowest BCUT2D eigenvalue weighted by molar-refractivity contribution is -0.126. The van der Waals surface area contributed by atoms with Gasteiger partial charge in [0.2, 0.25) is 18.2 Å². The summed E-state index contributed by atoms with van der Waals surface area (Å²) in [6, 6.07) is 8.29. The molecular weight excluding hydrogens is 591 g/mol. The number of nitrogens with one attached hydrogen (secondary N) is 3. The van der Waals surface area contributed by atoms with E-state index in [9.17, 15) is 9.59 Å². The number of anilines is 1. The van der Waals surface area contributed by atoms with Gasteiger partial charge in [0.25, 0.3) is 0 Å². The Morgan fingerprint density at radius 3 is 2.58 bits per heavy atom. The van der Waals surface area contributed by atoms with Crippen molar-refractivity contribution in [3.05, 3.63) is 70.0 Å². The zero-order valence-corrected chi connectivity index (χ0v) is 25.5. The maximum atomic E-state index is 14.6. The number of nitrogens with zero attached hydrogens (tertiary/aromatic N) is 3. The van der Waals surface area contributed by atoms with Gasteiger partial charge in [0.1, 0.15) is 16.7 Å². The summed E-state index contributed by atoms with van der Waals surface area (Å²) in [7, 11) is 0. The molecule has 2 aromatic heterocycles. The van der Waals surface area contributed by atoms with E-state index in [0.717, 1.165) is 36.8 Å². The van der Waals surface area contributed by atoms with E-state index >= 15 is 0 Å². The highest BCUT2D eigenvalue weighted by atomic mass is 35.5. The first-order valence-electron chi connectivity index (χ1n) is 14.8. The maximum absolute atomic E-state index is 14.6. The van der Waals surface area contributed by atoms with Gasteiger partial charge in [0.05, 0.1) is 18.7 Å². The highest BCUT2D eigenvalue weighted by Crippen LogP contribution is 2.63. The van der Waals surface area contributed by atoms with Crippen molar-refractivity contribution < 1.29 is 18.8 Å². The van der Waals surface area contributed by atoms with Gasteiger partial charge in [-0.05, 0) is 79.3 Å². The summed E-state index contributed by atoms with van der Waals surface area (Å²) < 4.78 is 10.9. The van der Waals surface area contributed by atoms with Crippen molar-refractivity contribution in [2.45, 2.75) is 87.4 Å². The standard InChI is InChI=1S/C31H34Cl2N6O4/c1-29(2)8-10-30(11-9-29)31(20-5-3-18(32)14-21(20)37-28(31)41)24(17-7-12-34-23(33)13-17)25(38-30)27(40)36-19-4-6-22(42-15-19)26-35-16-43-39-26/h3,5,7,12-14,16,19,22,24-25,38H,4,6,8-11,15H2,1-2H3,(H,36,40)(H,37,41)/t19-,22+,24-,25-,31-/m1/s1. The van der Waals surface area contributed by atoms with Gasteiger partial charge in [-0.3, -0.25) is 14.9 Å². The van der Waals surface area contributed by atoms with Crippen LogP contribution in [0.4, 0.5) is 5.69 Å². The lowest BCUT2D eigenvalue weighted by atomic mass is 9.53. The molecule has 3 aliphatic heterocycles. The molecular formula is C31H34Cl2N6O4. The van der Waals surface area contributed by atoms with E-state index < -0.39 is 22.9 Å². The molecule has 3 aromatic rings. The number of aromatic nitrogens is 3. The first-order valence-corrected chi connectivity index (χ1v) is 15.6. The maximum Gasteiger partial charge on any atom is 0.238 e. The van der Waals surface area contributed by atoms with Crippen LogP contribution in [-0.4, -0.2) is 51.2 Å². The number of amides is 2. The first-order chi connectivity index (χ1) is 20.6. The molecule has 2 amide bonds. The lowest BCUT2D eigenvalue weighted by Gasteiger charge is -2.50. The van der Waals surface area contributed by atoms with Gasteiger partial charge >= 0.3 is 0 Å². The third-order valence-corrected chi connectivity index (χ3v) is 10.6. The number of carbonyl (C=O) groups excluding carboxylic acids is 2. The summed E-state index contributed by atoms with van der Waals surface area (Å²) in [4.78, 5) is 37.3. The smallest absolute Gasteiger partial charge is 0.238 e. The summed E-state index contributed by atoms with van der Waals surface area (Å²) in [5.41, 5.74) is 0.680. The van der Waals surface area contributed by atoms with E-state index in [0.29, 0.717) is 41.1 Å². The average Bonchev–Trinajstić information content (AvgIpc) is 3.68. The average molecular weight is 626 g/mol. The van der Waals surface area contributed by atoms with Crippen molar-refractivity contribution >= 4 is 40.7 Å². The monoisotopic (exact) mass is 624 g/mol. The molecule has 7 rings (SSSR count). The second-order valence-corrected chi connectivity index (χ2v) is 13.9. The Bertz CT molecular complexity index is 1550. The second kappa shape index (κ2) is 10.5. The van der Waals surface area contributed by atoms with E-state index in [1.807, 2.05) is 18.2 Å². The first kappa shape index (κ1) is 28.7. The molecule has 0 radical (unpaired) electrons. The number of hydrogen-bond acceptors (Lipinski definition) is 8. The highest BCUT2D eigenvalue weighted by molar-refractivity contribution is 6.31. The number of benzene rings is 1. The van der Waals surface area contributed by atoms with Crippen LogP contribution in [0.15, 0.2) is 47.4 Å². The second-order valence-electron chi connectivity index (χ2n) is 13.1. The highest BCUT2D eigenvalue weighted by Gasteiger charge is 2.72. The molecule has 2 saturated heterocycles. The third-order valence-electron chi connectivity index (χ3n) is 10.1. The van der Waals surface area contributed by atoms with Gasteiger partial charge in [-0.15, -0.1) is 0 Å². The Hall–Kier alpha value is -3.05. The molecule has 5 atom stereocenters. The number of rotatable bonds is 4. The van der Waals surface area contributed by atoms with Crippen molar-refractivity contribution in [1.82, 2.24) is 25.8 Å². The summed E-state index contributed by atoms with van der Waals surface area (Å²) in [6.07, 6.45) is 7.26. The number of pyridine rings is 1. The Kier molecular flexibility index (Phi) is 7.04. The van der Waals surface area contributed by atoms with Crippen LogP contribution in [0.2, 0.25) is 10.2 Å². The molecule has 12 heteroatoms. The SMILES string of the molecule is CC1(C)CCC2(CC1)N[C@@H](C(=O)N[C@@H]1CC[C@@H](c3ncon3)OC1)[C@@H](c1ccnc(Cl)c1)[C@]21C(=O)Nc2cc(Cl)ccc21. The van der Waals surface area contributed by atoms with Crippen LogP contribution >= 0.6 is 23.2 Å². The van der Waals surface area contributed by atoms with Crippen molar-refractivity contribution in [2.24, 2.45) is 5.41 Å². The predicted molar refractivity (Wildman–Crippen MR) is 160 cm³/mol. The van der Waals surface area contributed by atoms with Crippen LogP contribution in [0.5, 0.6) is 0 Å². The molecule has 3 fully saturated rings. The molecule has 10 nitrogen and oxygen atoms in total. The van der Waals surface area contributed by atoms with Crippen molar-refractivity contribution in [2.75, 3.05) is 11.9 Å². The summed E-state index contributed by atoms with van der Waals surface area (Å²) in [5.74, 6) is -0.366. The van der Waals surface area contributed by atoms with Gasteiger partial charge in [-0.1, -0.05) is 48.3 Å². The van der Waals surface area contributed by atoms with Gasteiger partial charge in [-0.2, -0.15) is 4.98 Å². The van der Waals surface area contributed by atoms with Crippen LogP contribution in [-0.2, 0) is 19.7 Å². The van der Waals surface area contributed by atoms with E-state index in [1.54, 1.807) is 18.3 Å². The third kappa shape index (κ3) is 4.65. The van der Waals surface area contributed by atoms with Crippen LogP contribution in [0.1, 0.15) is 81.3 Å². The number of hydrogen-bond donors (Lipinski definition) is 3. The minimum absolute atomic E-state index is 0.122. The van der Waals surface area contributed by atoms with E-state index in [1.165, 1.54) is 6.39 Å². The molecule has 2 spiro atoms. The molecule has 0 unspecified atom stereocenters. The minimum Gasteiger partial charge on any atom is -0.368 e. The molecule has 4 aliphatic rings. The van der Waals surface area contributed by atoms with Crippen LogP contribution in [0.3, 0.4) is 0 Å². The number of ether oxygens (including phenoxy) is 1. The number of fused-ring (bicyclic) bond motifs is 3. The molecule has 5 heterocycles. The van der Waals surface area contributed by atoms with Crippen LogP contribution in [0, 0.1) is 5.41 Å². The Morgan fingerprint density at radius 2 is 1.88 bits per heavy atom. The number of halogens is 2. The summed E-state index contributed by atoms with van der Waals surface area (Å²) in [5, 5.41) is 14.9. The van der Waals surface area contributed by atoms with Gasteiger partial charge in [0.15, 0.2) is 5.82 Å². The normalized spacial score (nSPS) is 30.7. The molecule has 43 heavy (non-hydrogen) atoms. The molecule has 1 saturated carbocycles.